The first-order valence-electron chi connectivity index (χ1n) is 8.80. The lowest BCUT2D eigenvalue weighted by atomic mass is 9.82. The molecular formula is C19H30N2. The van der Waals surface area contributed by atoms with Crippen molar-refractivity contribution >= 4 is 0 Å². The zero-order chi connectivity index (χ0) is 14.7. The van der Waals surface area contributed by atoms with Crippen molar-refractivity contribution in [3.8, 4) is 0 Å². The molecule has 1 aliphatic heterocycles. The lowest BCUT2D eigenvalue weighted by Gasteiger charge is -2.45. The molecule has 1 aromatic rings. The summed E-state index contributed by atoms with van der Waals surface area (Å²) in [6.45, 7) is 7.08. The minimum absolute atomic E-state index is 0.523. The molecule has 2 nitrogen and oxygen atoms in total. The Morgan fingerprint density at radius 1 is 1.10 bits per heavy atom. The Morgan fingerprint density at radius 3 is 2.52 bits per heavy atom. The van der Waals surface area contributed by atoms with Gasteiger partial charge in [-0.15, -0.1) is 0 Å². The Kier molecular flexibility index (Phi) is 4.97. The zero-order valence-corrected chi connectivity index (χ0v) is 13.6. The minimum atomic E-state index is 0.523. The predicted molar refractivity (Wildman–Crippen MR) is 89.4 cm³/mol. The van der Waals surface area contributed by atoms with Gasteiger partial charge < -0.3 is 5.32 Å². The first-order chi connectivity index (χ1) is 10.3. The second-order valence-electron chi connectivity index (χ2n) is 7.05. The van der Waals surface area contributed by atoms with Crippen molar-refractivity contribution in [2.75, 3.05) is 13.1 Å². The molecule has 0 bridgehead atoms. The molecule has 116 valence electrons. The number of benzene rings is 1. The van der Waals surface area contributed by atoms with Crippen LogP contribution in [0.25, 0.3) is 0 Å². The highest BCUT2D eigenvalue weighted by atomic mass is 15.2. The SMILES string of the molecule is CC1CNC(C2CCCCC2)CN1C(C)c1ccccc1. The van der Waals surface area contributed by atoms with Crippen LogP contribution in [-0.4, -0.2) is 30.1 Å². The molecule has 21 heavy (non-hydrogen) atoms. The molecule has 1 heterocycles. The number of hydrogen-bond acceptors (Lipinski definition) is 2. The van der Waals surface area contributed by atoms with Crippen molar-refractivity contribution in [2.45, 2.75) is 64.1 Å². The molecule has 1 N–H and O–H groups in total. The van der Waals surface area contributed by atoms with Gasteiger partial charge in [0.25, 0.3) is 0 Å². The average Bonchev–Trinajstić information content (AvgIpc) is 2.56. The van der Waals surface area contributed by atoms with Crippen LogP contribution in [0.2, 0.25) is 0 Å². The molecule has 2 aliphatic rings. The van der Waals surface area contributed by atoms with Gasteiger partial charge in [-0.2, -0.15) is 0 Å². The molecule has 2 fully saturated rings. The number of piperazine rings is 1. The molecule has 0 aromatic heterocycles. The van der Waals surface area contributed by atoms with Crippen LogP contribution in [0.3, 0.4) is 0 Å². The summed E-state index contributed by atoms with van der Waals surface area (Å²) in [7, 11) is 0. The fraction of sp³-hybridized carbons (Fsp3) is 0.684. The maximum absolute atomic E-state index is 3.83. The summed E-state index contributed by atoms with van der Waals surface area (Å²) >= 11 is 0. The number of nitrogens with one attached hydrogen (secondary N) is 1. The lowest BCUT2D eigenvalue weighted by Crippen LogP contribution is -2.58. The quantitative estimate of drug-likeness (QED) is 0.904. The fourth-order valence-corrected chi connectivity index (χ4v) is 4.23. The van der Waals surface area contributed by atoms with E-state index in [9.17, 15) is 0 Å². The Hall–Kier alpha value is -0.860. The first kappa shape index (κ1) is 15.1. The molecule has 3 rings (SSSR count). The van der Waals surface area contributed by atoms with Crippen molar-refractivity contribution in [1.29, 1.82) is 0 Å². The molecule has 3 unspecified atom stereocenters. The minimum Gasteiger partial charge on any atom is -0.311 e. The molecule has 0 radical (unpaired) electrons. The van der Waals surface area contributed by atoms with Crippen molar-refractivity contribution in [3.05, 3.63) is 35.9 Å². The molecule has 0 amide bonds. The molecule has 1 saturated carbocycles. The van der Waals surface area contributed by atoms with Crippen molar-refractivity contribution in [2.24, 2.45) is 5.92 Å². The third kappa shape index (κ3) is 3.49. The zero-order valence-electron chi connectivity index (χ0n) is 13.6. The Bertz CT molecular complexity index is 424. The molecule has 2 heteroatoms. The average molecular weight is 286 g/mol. The molecule has 1 aromatic carbocycles. The van der Waals surface area contributed by atoms with Gasteiger partial charge in [-0.25, -0.2) is 0 Å². The maximum Gasteiger partial charge on any atom is 0.0323 e. The molecule has 3 atom stereocenters. The van der Waals surface area contributed by atoms with Gasteiger partial charge in [-0.3, -0.25) is 4.90 Å². The third-order valence-electron chi connectivity index (χ3n) is 5.65. The van der Waals surface area contributed by atoms with Gasteiger partial charge in [0.1, 0.15) is 0 Å². The second-order valence-corrected chi connectivity index (χ2v) is 7.05. The number of nitrogens with zero attached hydrogens (tertiary/aromatic N) is 1. The monoisotopic (exact) mass is 286 g/mol. The van der Waals surface area contributed by atoms with E-state index in [-0.39, 0.29) is 0 Å². The van der Waals surface area contributed by atoms with Gasteiger partial charge in [0.2, 0.25) is 0 Å². The highest BCUT2D eigenvalue weighted by Crippen LogP contribution is 2.31. The van der Waals surface area contributed by atoms with E-state index in [1.807, 2.05) is 0 Å². The standard InChI is InChI=1S/C19H30N2/c1-15-13-20-19(18-11-7-4-8-12-18)14-21(15)16(2)17-9-5-3-6-10-17/h3,5-6,9-10,15-16,18-20H,4,7-8,11-14H2,1-2H3. The number of rotatable bonds is 3. The van der Waals surface area contributed by atoms with Crippen LogP contribution >= 0.6 is 0 Å². The van der Waals surface area contributed by atoms with Gasteiger partial charge in [0.05, 0.1) is 0 Å². The highest BCUT2D eigenvalue weighted by molar-refractivity contribution is 5.19. The summed E-state index contributed by atoms with van der Waals surface area (Å²) in [4.78, 5) is 2.71. The van der Waals surface area contributed by atoms with E-state index in [2.05, 4.69) is 54.4 Å². The van der Waals surface area contributed by atoms with Crippen molar-refractivity contribution in [3.63, 3.8) is 0 Å². The van der Waals surface area contributed by atoms with E-state index in [0.717, 1.165) is 12.5 Å². The van der Waals surface area contributed by atoms with Gasteiger partial charge in [-0.05, 0) is 38.2 Å². The second kappa shape index (κ2) is 6.93. The van der Waals surface area contributed by atoms with E-state index < -0.39 is 0 Å². The Balaban J connectivity index is 1.68. The molecule has 1 aliphatic carbocycles. The Morgan fingerprint density at radius 2 is 1.81 bits per heavy atom. The van der Waals surface area contributed by atoms with Crippen LogP contribution in [0.4, 0.5) is 0 Å². The highest BCUT2D eigenvalue weighted by Gasteiger charge is 2.33. The van der Waals surface area contributed by atoms with E-state index in [1.165, 1.54) is 44.2 Å². The first-order valence-corrected chi connectivity index (χ1v) is 8.80. The maximum atomic E-state index is 3.83. The van der Waals surface area contributed by atoms with Gasteiger partial charge in [-0.1, -0.05) is 49.6 Å². The van der Waals surface area contributed by atoms with Crippen LogP contribution in [-0.2, 0) is 0 Å². The smallest absolute Gasteiger partial charge is 0.0323 e. The van der Waals surface area contributed by atoms with Crippen molar-refractivity contribution in [1.82, 2.24) is 10.2 Å². The van der Waals surface area contributed by atoms with Crippen LogP contribution in [0.1, 0.15) is 57.6 Å². The largest absolute Gasteiger partial charge is 0.311 e. The van der Waals surface area contributed by atoms with Crippen LogP contribution in [0.15, 0.2) is 30.3 Å². The predicted octanol–water partition coefficient (Wildman–Crippen LogP) is 3.99. The summed E-state index contributed by atoms with van der Waals surface area (Å²) in [6.07, 6.45) is 7.18. The van der Waals surface area contributed by atoms with Crippen LogP contribution < -0.4 is 5.32 Å². The van der Waals surface area contributed by atoms with E-state index >= 15 is 0 Å². The summed E-state index contributed by atoms with van der Waals surface area (Å²) in [5, 5.41) is 3.83. The topological polar surface area (TPSA) is 15.3 Å². The van der Waals surface area contributed by atoms with Crippen molar-refractivity contribution < 1.29 is 0 Å². The van der Waals surface area contributed by atoms with E-state index in [0.29, 0.717) is 18.1 Å². The van der Waals surface area contributed by atoms with Crippen LogP contribution in [0, 0.1) is 5.92 Å². The lowest BCUT2D eigenvalue weighted by molar-refractivity contribution is 0.0718. The normalized spacial score (nSPS) is 30.2. The van der Waals surface area contributed by atoms with E-state index in [4.69, 9.17) is 0 Å². The number of hydrogen-bond donors (Lipinski definition) is 1. The third-order valence-corrected chi connectivity index (χ3v) is 5.65. The summed E-state index contributed by atoms with van der Waals surface area (Å²) in [5.74, 6) is 0.900. The summed E-state index contributed by atoms with van der Waals surface area (Å²) in [5.41, 5.74) is 1.45. The molecular weight excluding hydrogens is 256 g/mol. The molecule has 1 saturated heterocycles. The fourth-order valence-electron chi connectivity index (χ4n) is 4.23. The Labute approximate surface area is 129 Å². The summed E-state index contributed by atoms with van der Waals surface area (Å²) < 4.78 is 0. The van der Waals surface area contributed by atoms with E-state index in [1.54, 1.807) is 0 Å². The molecule has 0 spiro atoms. The van der Waals surface area contributed by atoms with Gasteiger partial charge >= 0.3 is 0 Å². The summed E-state index contributed by atoms with van der Waals surface area (Å²) in [6, 6.07) is 12.8. The van der Waals surface area contributed by atoms with Gasteiger partial charge in [0.15, 0.2) is 0 Å². The van der Waals surface area contributed by atoms with Crippen LogP contribution in [0.5, 0.6) is 0 Å². The van der Waals surface area contributed by atoms with Gasteiger partial charge in [0, 0.05) is 31.2 Å².